The predicted octanol–water partition coefficient (Wildman–Crippen LogP) is 1.54. The lowest BCUT2D eigenvalue weighted by Crippen LogP contribution is -2.48. The second-order valence-corrected chi connectivity index (χ2v) is 5.84. The van der Waals surface area contributed by atoms with E-state index in [2.05, 4.69) is 29.2 Å². The van der Waals surface area contributed by atoms with Crippen molar-refractivity contribution in [2.75, 3.05) is 0 Å². The van der Waals surface area contributed by atoms with E-state index in [0.29, 0.717) is 31.1 Å². The molecule has 7 nitrogen and oxygen atoms in total. The van der Waals surface area contributed by atoms with Crippen molar-refractivity contribution in [2.45, 2.75) is 59.2 Å². The number of nitrogens with zero attached hydrogens (tertiary/aromatic N) is 4. The Morgan fingerprint density at radius 2 is 1.95 bits per heavy atom. The van der Waals surface area contributed by atoms with E-state index in [1.807, 2.05) is 13.8 Å². The third-order valence-corrected chi connectivity index (χ3v) is 4.11. The summed E-state index contributed by atoms with van der Waals surface area (Å²) in [6.45, 7) is 9.08. The van der Waals surface area contributed by atoms with E-state index in [0.717, 1.165) is 6.54 Å². The number of nitrogens with one attached hydrogen (secondary N) is 1. The number of aromatic nitrogens is 3. The van der Waals surface area contributed by atoms with E-state index in [-0.39, 0.29) is 11.9 Å². The minimum Gasteiger partial charge on any atom is -0.302 e. The van der Waals surface area contributed by atoms with E-state index in [1.54, 1.807) is 9.58 Å². The molecule has 3 amide bonds. The van der Waals surface area contributed by atoms with Crippen LogP contribution in [0.5, 0.6) is 0 Å². The van der Waals surface area contributed by atoms with Crippen molar-refractivity contribution in [3.8, 4) is 0 Å². The monoisotopic (exact) mass is 293 g/mol. The number of urea groups is 1. The Balaban J connectivity index is 2.27. The van der Waals surface area contributed by atoms with Gasteiger partial charge < -0.3 is 4.90 Å². The van der Waals surface area contributed by atoms with E-state index in [1.165, 1.54) is 6.33 Å². The van der Waals surface area contributed by atoms with Gasteiger partial charge in [-0.05, 0) is 18.8 Å². The molecule has 7 heteroatoms. The summed E-state index contributed by atoms with van der Waals surface area (Å²) in [7, 11) is 0. The van der Waals surface area contributed by atoms with Gasteiger partial charge in [0.2, 0.25) is 0 Å². The number of amides is 3. The van der Waals surface area contributed by atoms with Crippen LogP contribution in [0.25, 0.3) is 0 Å². The molecule has 1 aromatic rings. The molecule has 1 N–H and O–H groups in total. The van der Waals surface area contributed by atoms with Gasteiger partial charge in [0, 0.05) is 6.54 Å². The standard InChI is InChI=1S/C14H23N5O2/c1-5-14(6-2)12(20)17-13(21)18(14)8-11-15-9-16-19(11)7-10(3)4/h9-10H,5-8H2,1-4H3,(H,17,20,21). The molecule has 1 fully saturated rings. The maximum atomic E-state index is 12.2. The molecule has 0 atom stereocenters. The van der Waals surface area contributed by atoms with Gasteiger partial charge in [0.15, 0.2) is 0 Å². The first-order valence-electron chi connectivity index (χ1n) is 7.44. The molecule has 0 bridgehead atoms. The second-order valence-electron chi connectivity index (χ2n) is 5.84. The number of hydrogen-bond donors (Lipinski definition) is 1. The normalized spacial score (nSPS) is 17.7. The zero-order valence-corrected chi connectivity index (χ0v) is 13.1. The Morgan fingerprint density at radius 1 is 1.29 bits per heavy atom. The number of rotatable bonds is 6. The van der Waals surface area contributed by atoms with E-state index >= 15 is 0 Å². The SMILES string of the molecule is CCC1(CC)C(=O)NC(=O)N1Cc1ncnn1CC(C)C. The van der Waals surface area contributed by atoms with Gasteiger partial charge in [-0.2, -0.15) is 5.10 Å². The van der Waals surface area contributed by atoms with Crippen LogP contribution in [0.4, 0.5) is 4.79 Å². The maximum Gasteiger partial charge on any atom is 0.325 e. The fourth-order valence-corrected chi connectivity index (χ4v) is 2.82. The molecular weight excluding hydrogens is 270 g/mol. The summed E-state index contributed by atoms with van der Waals surface area (Å²) in [4.78, 5) is 30.1. The highest BCUT2D eigenvalue weighted by Crippen LogP contribution is 2.30. The lowest BCUT2D eigenvalue weighted by molar-refractivity contribution is -0.127. The molecule has 0 unspecified atom stereocenters. The van der Waals surface area contributed by atoms with Crippen molar-refractivity contribution in [3.63, 3.8) is 0 Å². The van der Waals surface area contributed by atoms with Crippen LogP contribution in [-0.2, 0) is 17.9 Å². The van der Waals surface area contributed by atoms with Gasteiger partial charge in [0.1, 0.15) is 17.7 Å². The van der Waals surface area contributed by atoms with Crippen molar-refractivity contribution in [1.82, 2.24) is 25.0 Å². The van der Waals surface area contributed by atoms with Crippen molar-refractivity contribution in [3.05, 3.63) is 12.2 Å². The van der Waals surface area contributed by atoms with Crippen LogP contribution in [0.15, 0.2) is 6.33 Å². The van der Waals surface area contributed by atoms with Gasteiger partial charge in [-0.15, -0.1) is 0 Å². The first kappa shape index (κ1) is 15.5. The largest absolute Gasteiger partial charge is 0.325 e. The van der Waals surface area contributed by atoms with Gasteiger partial charge >= 0.3 is 6.03 Å². The molecule has 21 heavy (non-hydrogen) atoms. The van der Waals surface area contributed by atoms with Crippen LogP contribution in [0.3, 0.4) is 0 Å². The number of hydrogen-bond acceptors (Lipinski definition) is 4. The average Bonchev–Trinajstić information content (AvgIpc) is 2.94. The van der Waals surface area contributed by atoms with Crippen molar-refractivity contribution in [2.24, 2.45) is 5.92 Å². The van der Waals surface area contributed by atoms with Crippen LogP contribution in [0, 0.1) is 5.92 Å². The summed E-state index contributed by atoms with van der Waals surface area (Å²) in [5.41, 5.74) is -0.772. The molecular formula is C14H23N5O2. The van der Waals surface area contributed by atoms with Crippen LogP contribution in [-0.4, -0.2) is 37.1 Å². The fourth-order valence-electron chi connectivity index (χ4n) is 2.82. The quantitative estimate of drug-likeness (QED) is 0.807. The van der Waals surface area contributed by atoms with E-state index in [4.69, 9.17) is 0 Å². The highest BCUT2D eigenvalue weighted by atomic mass is 16.2. The number of carbonyl (C=O) groups excluding carboxylic acids is 2. The third kappa shape index (κ3) is 2.64. The van der Waals surface area contributed by atoms with Gasteiger partial charge in [-0.3, -0.25) is 10.1 Å². The minimum atomic E-state index is -0.772. The lowest BCUT2D eigenvalue weighted by atomic mass is 9.91. The molecule has 2 rings (SSSR count). The maximum absolute atomic E-state index is 12.2. The first-order valence-corrected chi connectivity index (χ1v) is 7.44. The summed E-state index contributed by atoms with van der Waals surface area (Å²) in [5.74, 6) is 0.925. The van der Waals surface area contributed by atoms with Crippen molar-refractivity contribution < 1.29 is 9.59 Å². The van der Waals surface area contributed by atoms with Crippen molar-refractivity contribution in [1.29, 1.82) is 0 Å². The molecule has 0 aliphatic carbocycles. The number of carbonyl (C=O) groups is 2. The molecule has 0 radical (unpaired) electrons. The summed E-state index contributed by atoms with van der Waals surface area (Å²) in [6, 6.07) is -0.345. The zero-order valence-electron chi connectivity index (χ0n) is 13.1. The topological polar surface area (TPSA) is 80.1 Å². The third-order valence-electron chi connectivity index (χ3n) is 4.11. The van der Waals surface area contributed by atoms with Gasteiger partial charge in [0.25, 0.3) is 5.91 Å². The van der Waals surface area contributed by atoms with Crippen LogP contribution in [0.2, 0.25) is 0 Å². The molecule has 116 valence electrons. The minimum absolute atomic E-state index is 0.215. The smallest absolute Gasteiger partial charge is 0.302 e. The Bertz CT molecular complexity index is 533. The zero-order chi connectivity index (χ0) is 15.6. The second kappa shape index (κ2) is 5.83. The predicted molar refractivity (Wildman–Crippen MR) is 77.3 cm³/mol. The van der Waals surface area contributed by atoms with E-state index in [9.17, 15) is 9.59 Å². The average molecular weight is 293 g/mol. The van der Waals surface area contributed by atoms with Crippen LogP contribution in [0.1, 0.15) is 46.4 Å². The highest BCUT2D eigenvalue weighted by molar-refractivity contribution is 6.06. The Labute approximate surface area is 124 Å². The van der Waals surface area contributed by atoms with Crippen molar-refractivity contribution >= 4 is 11.9 Å². The molecule has 1 saturated heterocycles. The van der Waals surface area contributed by atoms with E-state index < -0.39 is 5.54 Å². The van der Waals surface area contributed by atoms with Crippen LogP contribution >= 0.6 is 0 Å². The van der Waals surface area contributed by atoms with Gasteiger partial charge in [-0.1, -0.05) is 27.7 Å². The molecule has 0 aromatic carbocycles. The summed E-state index contributed by atoms with van der Waals surface area (Å²) in [5, 5.41) is 6.63. The Kier molecular flexibility index (Phi) is 4.29. The molecule has 2 heterocycles. The summed E-state index contributed by atoms with van der Waals surface area (Å²) in [6.07, 6.45) is 2.66. The molecule has 1 aliphatic rings. The molecule has 1 aromatic heterocycles. The summed E-state index contributed by atoms with van der Waals surface area (Å²) >= 11 is 0. The van der Waals surface area contributed by atoms with Gasteiger partial charge in [0.05, 0.1) is 6.54 Å². The molecule has 1 aliphatic heterocycles. The summed E-state index contributed by atoms with van der Waals surface area (Å²) < 4.78 is 1.80. The Morgan fingerprint density at radius 3 is 2.52 bits per heavy atom. The lowest BCUT2D eigenvalue weighted by Gasteiger charge is -2.33. The Hall–Kier alpha value is -1.92. The van der Waals surface area contributed by atoms with Crippen LogP contribution < -0.4 is 5.32 Å². The number of imide groups is 1. The molecule has 0 spiro atoms. The highest BCUT2D eigenvalue weighted by Gasteiger charge is 2.50. The van der Waals surface area contributed by atoms with Gasteiger partial charge in [-0.25, -0.2) is 14.5 Å². The molecule has 0 saturated carbocycles. The fraction of sp³-hybridized carbons (Fsp3) is 0.714. The first-order chi connectivity index (χ1) is 9.94.